The van der Waals surface area contributed by atoms with Gasteiger partial charge in [-0.15, -0.1) is 21.6 Å². The van der Waals surface area contributed by atoms with Crippen molar-refractivity contribution in [2.45, 2.75) is 38.1 Å². The summed E-state index contributed by atoms with van der Waals surface area (Å²) in [4.78, 5) is 4.55. The van der Waals surface area contributed by atoms with E-state index in [-0.39, 0.29) is 11.6 Å². The van der Waals surface area contributed by atoms with E-state index in [1.165, 1.54) is 17.4 Å². The van der Waals surface area contributed by atoms with Crippen LogP contribution in [0.2, 0.25) is 10.0 Å². The van der Waals surface area contributed by atoms with E-state index in [4.69, 9.17) is 23.2 Å². The van der Waals surface area contributed by atoms with E-state index >= 15 is 4.39 Å². The maximum atomic E-state index is 15.1. The third-order valence-electron chi connectivity index (χ3n) is 7.29. The van der Waals surface area contributed by atoms with E-state index in [0.29, 0.717) is 27.0 Å². The van der Waals surface area contributed by atoms with E-state index in [9.17, 15) is 5.11 Å². The van der Waals surface area contributed by atoms with Crippen LogP contribution in [0.25, 0.3) is 22.2 Å². The zero-order valence-corrected chi connectivity index (χ0v) is 23.2. The van der Waals surface area contributed by atoms with Crippen molar-refractivity contribution in [1.29, 1.82) is 0 Å². The fourth-order valence-corrected chi connectivity index (χ4v) is 6.72. The normalized spacial score (nSPS) is 18.5. The van der Waals surface area contributed by atoms with Gasteiger partial charge in [0.2, 0.25) is 11.0 Å². The van der Waals surface area contributed by atoms with Crippen LogP contribution in [0.3, 0.4) is 0 Å². The second-order valence-corrected chi connectivity index (χ2v) is 12.1. The van der Waals surface area contributed by atoms with Crippen LogP contribution in [-0.2, 0) is 11.0 Å². The van der Waals surface area contributed by atoms with Crippen LogP contribution in [0.1, 0.15) is 38.3 Å². The van der Waals surface area contributed by atoms with Crippen LogP contribution in [0.5, 0.6) is 5.88 Å². The molecule has 0 radical (unpaired) electrons. The van der Waals surface area contributed by atoms with Gasteiger partial charge in [-0.25, -0.2) is 9.37 Å². The standard InChI is InChI=1S/C29H23Cl2FN4OS/c1-28(2)15-29(3,17-7-9-18(30)10-8-17)22-13-20(32)12-21-24(26(37)36(28)25(21)22)34-35-27-33-23(14-38-27)16-5-4-6-19(31)11-16/h4-14,37H,15H2,1-3H3. The van der Waals surface area contributed by atoms with Gasteiger partial charge in [0.1, 0.15) is 5.82 Å². The molecule has 0 aliphatic carbocycles. The summed E-state index contributed by atoms with van der Waals surface area (Å²) in [5.41, 5.74) is 3.33. The summed E-state index contributed by atoms with van der Waals surface area (Å²) in [5.74, 6) is -0.455. The van der Waals surface area contributed by atoms with Gasteiger partial charge < -0.3 is 9.67 Å². The summed E-state index contributed by atoms with van der Waals surface area (Å²) >= 11 is 13.6. The van der Waals surface area contributed by atoms with Crippen LogP contribution in [0, 0.1) is 5.82 Å². The Balaban J connectivity index is 1.50. The monoisotopic (exact) mass is 564 g/mol. The summed E-state index contributed by atoms with van der Waals surface area (Å²) < 4.78 is 17.0. The fourth-order valence-electron chi connectivity index (χ4n) is 5.76. The Hall–Kier alpha value is -3.26. The molecular weight excluding hydrogens is 542 g/mol. The largest absolute Gasteiger partial charge is 0.493 e. The van der Waals surface area contributed by atoms with Crippen molar-refractivity contribution in [2.24, 2.45) is 10.2 Å². The lowest BCUT2D eigenvalue weighted by molar-refractivity contribution is 0.236. The van der Waals surface area contributed by atoms with Gasteiger partial charge in [-0.05, 0) is 67.8 Å². The molecule has 5 nitrogen and oxygen atoms in total. The van der Waals surface area contributed by atoms with E-state index in [1.54, 1.807) is 12.1 Å². The summed E-state index contributed by atoms with van der Waals surface area (Å²) in [5, 5.41) is 24.2. The first-order chi connectivity index (χ1) is 18.1. The Labute approximate surface area is 233 Å². The fraction of sp³-hybridized carbons (Fsp3) is 0.207. The quantitative estimate of drug-likeness (QED) is 0.221. The molecule has 38 heavy (non-hydrogen) atoms. The zero-order chi connectivity index (χ0) is 26.8. The van der Waals surface area contributed by atoms with E-state index in [2.05, 4.69) is 36.0 Å². The van der Waals surface area contributed by atoms with Gasteiger partial charge in [0.05, 0.1) is 11.2 Å². The molecule has 6 rings (SSSR count). The van der Waals surface area contributed by atoms with Gasteiger partial charge >= 0.3 is 0 Å². The van der Waals surface area contributed by atoms with Crippen molar-refractivity contribution in [1.82, 2.24) is 9.55 Å². The van der Waals surface area contributed by atoms with Crippen LogP contribution < -0.4 is 0 Å². The Morgan fingerprint density at radius 1 is 1.00 bits per heavy atom. The molecule has 0 fully saturated rings. The van der Waals surface area contributed by atoms with Gasteiger partial charge in [0.25, 0.3) is 0 Å². The molecule has 1 unspecified atom stereocenters. The number of halogens is 3. The van der Waals surface area contributed by atoms with Crippen LogP contribution >= 0.6 is 34.5 Å². The molecule has 9 heteroatoms. The highest BCUT2D eigenvalue weighted by Gasteiger charge is 2.45. The molecule has 192 valence electrons. The van der Waals surface area contributed by atoms with E-state index < -0.39 is 16.8 Å². The van der Waals surface area contributed by atoms with Crippen LogP contribution in [-0.4, -0.2) is 14.7 Å². The van der Waals surface area contributed by atoms with Crippen molar-refractivity contribution in [3.63, 3.8) is 0 Å². The number of thiazole rings is 1. The van der Waals surface area contributed by atoms with E-state index in [1.807, 2.05) is 52.4 Å². The molecule has 3 aromatic carbocycles. The summed E-state index contributed by atoms with van der Waals surface area (Å²) in [6.45, 7) is 6.23. The first kappa shape index (κ1) is 25.0. The zero-order valence-electron chi connectivity index (χ0n) is 20.8. The minimum absolute atomic E-state index is 0.0506. The number of aromatic hydroxyl groups is 1. The third kappa shape index (κ3) is 4.01. The predicted molar refractivity (Wildman–Crippen MR) is 152 cm³/mol. The third-order valence-corrected chi connectivity index (χ3v) is 8.50. The highest BCUT2D eigenvalue weighted by molar-refractivity contribution is 7.13. The van der Waals surface area contributed by atoms with Gasteiger partial charge in [0, 0.05) is 37.3 Å². The molecule has 0 amide bonds. The highest BCUT2D eigenvalue weighted by Crippen LogP contribution is 2.55. The predicted octanol–water partition coefficient (Wildman–Crippen LogP) is 9.78. The van der Waals surface area contributed by atoms with Gasteiger partial charge in [-0.2, -0.15) is 0 Å². The van der Waals surface area contributed by atoms with Gasteiger partial charge in [-0.1, -0.05) is 54.4 Å². The Kier molecular flexibility index (Phi) is 5.87. The number of rotatable bonds is 4. The van der Waals surface area contributed by atoms with Gasteiger partial charge in [0.15, 0.2) is 5.69 Å². The molecule has 0 saturated carbocycles. The number of hydrogen-bond acceptors (Lipinski definition) is 5. The SMILES string of the molecule is CC1(c2ccc(Cl)cc2)CC(C)(C)n2c(O)c(N=Nc3nc(-c4cccc(Cl)c4)cs3)c3cc(F)cc1c32. The lowest BCUT2D eigenvalue weighted by Gasteiger charge is -2.45. The van der Waals surface area contributed by atoms with Crippen LogP contribution in [0.4, 0.5) is 15.2 Å². The average Bonchev–Trinajstić information content (AvgIpc) is 3.44. The second kappa shape index (κ2) is 8.90. The molecular formula is C29H23Cl2FN4OS. The minimum Gasteiger partial charge on any atom is -0.493 e. The molecule has 0 spiro atoms. The molecule has 2 aromatic heterocycles. The van der Waals surface area contributed by atoms with Crippen molar-refractivity contribution < 1.29 is 9.50 Å². The summed E-state index contributed by atoms with van der Waals surface area (Å²) in [6, 6.07) is 18.0. The molecule has 1 N–H and O–H groups in total. The van der Waals surface area contributed by atoms with Gasteiger partial charge in [-0.3, -0.25) is 0 Å². The maximum Gasteiger partial charge on any atom is 0.230 e. The minimum atomic E-state index is -0.523. The van der Waals surface area contributed by atoms with Crippen molar-refractivity contribution >= 4 is 56.3 Å². The summed E-state index contributed by atoms with van der Waals surface area (Å²) in [7, 11) is 0. The Morgan fingerprint density at radius 3 is 2.50 bits per heavy atom. The molecule has 1 aliphatic rings. The van der Waals surface area contributed by atoms with E-state index in [0.717, 1.165) is 27.9 Å². The number of benzene rings is 3. The lowest BCUT2D eigenvalue weighted by Crippen LogP contribution is -2.41. The maximum absolute atomic E-state index is 15.1. The molecule has 1 atom stereocenters. The second-order valence-electron chi connectivity index (χ2n) is 10.4. The number of azo groups is 1. The Bertz CT molecular complexity index is 1740. The molecule has 1 aliphatic heterocycles. The van der Waals surface area contributed by atoms with Crippen LogP contribution in [0.15, 0.2) is 76.3 Å². The van der Waals surface area contributed by atoms with Crippen molar-refractivity contribution in [3.8, 4) is 17.1 Å². The first-order valence-corrected chi connectivity index (χ1v) is 13.7. The molecule has 0 bridgehead atoms. The number of nitrogens with zero attached hydrogens (tertiary/aromatic N) is 4. The van der Waals surface area contributed by atoms with Crippen molar-refractivity contribution in [2.75, 3.05) is 0 Å². The smallest absolute Gasteiger partial charge is 0.230 e. The summed E-state index contributed by atoms with van der Waals surface area (Å²) in [6.07, 6.45) is 0.626. The number of hydrogen-bond donors (Lipinski definition) is 1. The molecule has 5 aromatic rings. The topological polar surface area (TPSA) is 62.8 Å². The average molecular weight is 566 g/mol. The lowest BCUT2D eigenvalue weighted by atomic mass is 9.66. The molecule has 0 saturated heterocycles. The first-order valence-electron chi connectivity index (χ1n) is 12.0. The Morgan fingerprint density at radius 2 is 1.76 bits per heavy atom. The molecule has 3 heterocycles. The number of aromatic nitrogens is 2. The van der Waals surface area contributed by atoms with Crippen molar-refractivity contribution in [3.05, 3.63) is 93.0 Å². The highest BCUT2D eigenvalue weighted by atomic mass is 35.5.